The molecule has 0 radical (unpaired) electrons. The summed E-state index contributed by atoms with van der Waals surface area (Å²) in [5, 5.41) is 2.66. The zero-order valence-electron chi connectivity index (χ0n) is 17.1. The Morgan fingerprint density at radius 3 is 1.65 bits per heavy atom. The highest BCUT2D eigenvalue weighted by atomic mass is 16.2. The van der Waals surface area contributed by atoms with Crippen LogP contribution in [0.4, 0.5) is 0 Å². The fourth-order valence-electron chi connectivity index (χ4n) is 3.00. The summed E-state index contributed by atoms with van der Waals surface area (Å²) in [6, 6.07) is 0. The normalized spacial score (nSPS) is 11.1. The Morgan fingerprint density at radius 1 is 0.731 bits per heavy atom. The molecule has 0 rings (SSSR count). The molecule has 0 spiro atoms. The standard InChI is InChI=1S/C22H42N2O2/c1-2-3-4-5-6-7-8-9-10-11-12-13-14-15-16-17-20-24-22(26)19-18-21(23)25/h17,20H,2-16,18-19H2,1H3,(H2,23,25)(H,24,26). The summed E-state index contributed by atoms with van der Waals surface area (Å²) < 4.78 is 0. The van der Waals surface area contributed by atoms with Crippen LogP contribution in [0.3, 0.4) is 0 Å². The molecule has 0 saturated heterocycles. The molecule has 0 aromatic rings. The number of carbonyl (C=O) groups excluding carboxylic acids is 2. The average Bonchev–Trinajstić information content (AvgIpc) is 2.62. The number of nitrogens with two attached hydrogens (primary N) is 1. The van der Waals surface area contributed by atoms with E-state index in [0.717, 1.165) is 6.42 Å². The minimum absolute atomic E-state index is 0.110. The van der Waals surface area contributed by atoms with Gasteiger partial charge < -0.3 is 11.1 Å². The summed E-state index contributed by atoms with van der Waals surface area (Å²) >= 11 is 0. The summed E-state index contributed by atoms with van der Waals surface area (Å²) in [4.78, 5) is 21.9. The topological polar surface area (TPSA) is 72.2 Å². The SMILES string of the molecule is CCCCCCCCCCCCCCCCC=CNC(=O)CCC(N)=O. The van der Waals surface area contributed by atoms with Gasteiger partial charge in [-0.15, -0.1) is 0 Å². The zero-order valence-corrected chi connectivity index (χ0v) is 17.1. The van der Waals surface area contributed by atoms with E-state index < -0.39 is 5.91 Å². The van der Waals surface area contributed by atoms with E-state index in [1.807, 2.05) is 6.08 Å². The van der Waals surface area contributed by atoms with Crippen molar-refractivity contribution in [2.45, 2.75) is 116 Å². The first-order valence-corrected chi connectivity index (χ1v) is 10.9. The van der Waals surface area contributed by atoms with E-state index in [4.69, 9.17) is 5.73 Å². The molecule has 152 valence electrons. The molecular formula is C22H42N2O2. The molecule has 0 unspecified atom stereocenters. The van der Waals surface area contributed by atoms with Crippen molar-refractivity contribution in [2.24, 2.45) is 5.73 Å². The van der Waals surface area contributed by atoms with Gasteiger partial charge in [-0.3, -0.25) is 9.59 Å². The third-order valence-electron chi connectivity index (χ3n) is 4.68. The predicted molar refractivity (Wildman–Crippen MR) is 111 cm³/mol. The van der Waals surface area contributed by atoms with Gasteiger partial charge >= 0.3 is 0 Å². The minimum Gasteiger partial charge on any atom is -0.370 e. The van der Waals surface area contributed by atoms with Gasteiger partial charge in [-0.05, 0) is 19.0 Å². The van der Waals surface area contributed by atoms with Crippen LogP contribution in [0.2, 0.25) is 0 Å². The van der Waals surface area contributed by atoms with Gasteiger partial charge in [0.1, 0.15) is 0 Å². The lowest BCUT2D eigenvalue weighted by Crippen LogP contribution is -2.20. The monoisotopic (exact) mass is 366 g/mol. The molecule has 0 bridgehead atoms. The first-order valence-electron chi connectivity index (χ1n) is 10.9. The third-order valence-corrected chi connectivity index (χ3v) is 4.68. The van der Waals surface area contributed by atoms with Gasteiger partial charge in [-0.2, -0.15) is 0 Å². The number of carbonyl (C=O) groups is 2. The molecule has 4 nitrogen and oxygen atoms in total. The van der Waals surface area contributed by atoms with Gasteiger partial charge in [0.25, 0.3) is 0 Å². The number of primary amides is 1. The third kappa shape index (κ3) is 20.7. The van der Waals surface area contributed by atoms with Crippen LogP contribution in [0.1, 0.15) is 116 Å². The van der Waals surface area contributed by atoms with Crippen molar-refractivity contribution in [1.82, 2.24) is 5.32 Å². The van der Waals surface area contributed by atoms with E-state index in [9.17, 15) is 9.59 Å². The van der Waals surface area contributed by atoms with Gasteiger partial charge in [0.15, 0.2) is 0 Å². The number of rotatable bonds is 19. The maximum Gasteiger partial charge on any atom is 0.224 e. The maximum atomic E-state index is 11.3. The van der Waals surface area contributed by atoms with Crippen LogP contribution in [0.15, 0.2) is 12.3 Å². The summed E-state index contributed by atoms with van der Waals surface area (Å²) in [5.74, 6) is -0.590. The summed E-state index contributed by atoms with van der Waals surface area (Å²) in [7, 11) is 0. The van der Waals surface area contributed by atoms with Crippen LogP contribution in [-0.2, 0) is 9.59 Å². The fraction of sp³-hybridized carbons (Fsp3) is 0.818. The van der Waals surface area contributed by atoms with Crippen LogP contribution in [-0.4, -0.2) is 11.8 Å². The van der Waals surface area contributed by atoms with Gasteiger partial charge in [0.05, 0.1) is 0 Å². The number of unbranched alkanes of at least 4 members (excludes halogenated alkanes) is 14. The second kappa shape index (κ2) is 20.0. The maximum absolute atomic E-state index is 11.3. The predicted octanol–water partition coefficient (Wildman–Crippen LogP) is 5.75. The van der Waals surface area contributed by atoms with Crippen molar-refractivity contribution in [3.05, 3.63) is 12.3 Å². The van der Waals surface area contributed by atoms with Crippen molar-refractivity contribution < 1.29 is 9.59 Å². The number of hydrogen-bond donors (Lipinski definition) is 2. The van der Waals surface area contributed by atoms with Crippen LogP contribution in [0.25, 0.3) is 0 Å². The molecule has 0 aromatic heterocycles. The van der Waals surface area contributed by atoms with Crippen LogP contribution >= 0.6 is 0 Å². The van der Waals surface area contributed by atoms with E-state index >= 15 is 0 Å². The highest BCUT2D eigenvalue weighted by Crippen LogP contribution is 2.13. The average molecular weight is 367 g/mol. The zero-order chi connectivity index (χ0) is 19.3. The van der Waals surface area contributed by atoms with Gasteiger partial charge in [-0.1, -0.05) is 96.5 Å². The lowest BCUT2D eigenvalue weighted by molar-refractivity contribution is -0.124. The fourth-order valence-corrected chi connectivity index (χ4v) is 3.00. The smallest absolute Gasteiger partial charge is 0.224 e. The lowest BCUT2D eigenvalue weighted by atomic mass is 10.0. The van der Waals surface area contributed by atoms with Crippen molar-refractivity contribution >= 4 is 11.8 Å². The molecule has 2 amide bonds. The second-order valence-corrected chi connectivity index (χ2v) is 7.32. The van der Waals surface area contributed by atoms with Crippen molar-refractivity contribution in [3.8, 4) is 0 Å². The van der Waals surface area contributed by atoms with Gasteiger partial charge in [0, 0.05) is 12.8 Å². The Labute approximate surface area is 161 Å². The lowest BCUT2D eigenvalue weighted by Gasteiger charge is -2.03. The molecule has 0 heterocycles. The summed E-state index contributed by atoms with van der Waals surface area (Å²) in [6.45, 7) is 2.27. The quantitative estimate of drug-likeness (QED) is 0.286. The van der Waals surface area contributed by atoms with E-state index in [-0.39, 0.29) is 18.7 Å². The van der Waals surface area contributed by atoms with E-state index in [1.165, 1.54) is 89.9 Å². The molecule has 3 N–H and O–H groups in total. The molecule has 0 aliphatic heterocycles. The van der Waals surface area contributed by atoms with E-state index in [0.29, 0.717) is 0 Å². The second-order valence-electron chi connectivity index (χ2n) is 7.32. The summed E-state index contributed by atoms with van der Waals surface area (Å²) in [6.07, 6.45) is 24.1. The molecule has 4 heteroatoms. The van der Waals surface area contributed by atoms with Crippen molar-refractivity contribution in [2.75, 3.05) is 0 Å². The Bertz CT molecular complexity index is 367. The number of nitrogens with one attached hydrogen (secondary N) is 1. The molecule has 0 saturated carbocycles. The first-order chi connectivity index (χ1) is 12.7. The van der Waals surface area contributed by atoms with Crippen LogP contribution in [0.5, 0.6) is 0 Å². The molecule has 0 aliphatic carbocycles. The highest BCUT2D eigenvalue weighted by Gasteiger charge is 2.01. The van der Waals surface area contributed by atoms with Crippen molar-refractivity contribution in [3.63, 3.8) is 0 Å². The molecule has 0 aromatic carbocycles. The molecule has 26 heavy (non-hydrogen) atoms. The Balaban J connectivity index is 3.18. The number of hydrogen-bond acceptors (Lipinski definition) is 2. The van der Waals surface area contributed by atoms with Gasteiger partial charge in [-0.25, -0.2) is 0 Å². The number of amides is 2. The largest absolute Gasteiger partial charge is 0.370 e. The molecule has 0 fully saturated rings. The Hall–Kier alpha value is -1.32. The molecule has 0 atom stereocenters. The highest BCUT2D eigenvalue weighted by molar-refractivity contribution is 5.83. The van der Waals surface area contributed by atoms with Gasteiger partial charge in [0.2, 0.25) is 11.8 Å². The molecule has 0 aliphatic rings. The number of allylic oxidation sites excluding steroid dienone is 1. The first kappa shape index (κ1) is 24.7. The van der Waals surface area contributed by atoms with Crippen LogP contribution in [0, 0.1) is 0 Å². The van der Waals surface area contributed by atoms with E-state index in [2.05, 4.69) is 12.2 Å². The van der Waals surface area contributed by atoms with E-state index in [1.54, 1.807) is 6.20 Å². The summed E-state index contributed by atoms with van der Waals surface area (Å²) in [5.41, 5.74) is 5.00. The Kier molecular flexibility index (Phi) is 19.0. The molecular weight excluding hydrogens is 324 g/mol. The van der Waals surface area contributed by atoms with Crippen molar-refractivity contribution in [1.29, 1.82) is 0 Å². The Morgan fingerprint density at radius 2 is 1.19 bits per heavy atom. The van der Waals surface area contributed by atoms with Crippen LogP contribution < -0.4 is 11.1 Å². The minimum atomic E-state index is -0.438.